The second kappa shape index (κ2) is 12.4. The first kappa shape index (κ1) is 28.3. The van der Waals surface area contributed by atoms with Gasteiger partial charge in [0.05, 0.1) is 40.4 Å². The SMILES string of the molecule is CC1CC(N)CC(c2ccncc2Nc2ncc3ccc(-c4c(F)ccc(C=O)c4F)nn23)C1.CNC(C)C. The predicted molar refractivity (Wildman–Crippen MR) is 149 cm³/mol. The molecule has 8 nitrogen and oxygen atoms in total. The molecule has 4 aromatic rings. The Kier molecular flexibility index (Phi) is 8.98. The van der Waals surface area contributed by atoms with Gasteiger partial charge in [0, 0.05) is 18.3 Å². The summed E-state index contributed by atoms with van der Waals surface area (Å²) >= 11 is 0. The monoisotopic (exact) mass is 535 g/mol. The Morgan fingerprint density at radius 2 is 1.87 bits per heavy atom. The second-order valence-corrected chi connectivity index (χ2v) is 10.4. The second-order valence-electron chi connectivity index (χ2n) is 10.4. The third kappa shape index (κ3) is 6.46. The first-order valence-corrected chi connectivity index (χ1v) is 13.1. The van der Waals surface area contributed by atoms with Gasteiger partial charge in [0.25, 0.3) is 0 Å². The van der Waals surface area contributed by atoms with Crippen LogP contribution < -0.4 is 16.4 Å². The highest BCUT2D eigenvalue weighted by Crippen LogP contribution is 2.39. The number of aromatic nitrogens is 4. The van der Waals surface area contributed by atoms with E-state index in [0.717, 1.165) is 42.6 Å². The highest BCUT2D eigenvalue weighted by molar-refractivity contribution is 5.79. The molecule has 0 aliphatic heterocycles. The Morgan fingerprint density at radius 1 is 1.10 bits per heavy atom. The number of halogens is 2. The molecule has 1 aliphatic carbocycles. The quantitative estimate of drug-likeness (QED) is 0.281. The zero-order valence-corrected chi connectivity index (χ0v) is 22.7. The van der Waals surface area contributed by atoms with Crippen LogP contribution >= 0.6 is 0 Å². The van der Waals surface area contributed by atoms with E-state index in [0.29, 0.717) is 29.7 Å². The van der Waals surface area contributed by atoms with Crippen molar-refractivity contribution in [3.05, 3.63) is 71.7 Å². The lowest BCUT2D eigenvalue weighted by Gasteiger charge is -2.32. The van der Waals surface area contributed by atoms with Gasteiger partial charge in [0.15, 0.2) is 6.29 Å². The number of anilines is 2. The van der Waals surface area contributed by atoms with Crippen LogP contribution in [0, 0.1) is 17.6 Å². The van der Waals surface area contributed by atoms with Crippen molar-refractivity contribution in [2.24, 2.45) is 11.7 Å². The number of rotatable bonds is 6. The summed E-state index contributed by atoms with van der Waals surface area (Å²) in [6, 6.07) is 8.09. The average molecular weight is 536 g/mol. The summed E-state index contributed by atoms with van der Waals surface area (Å²) < 4.78 is 30.7. The largest absolute Gasteiger partial charge is 0.328 e. The number of nitrogens with two attached hydrogens (primary N) is 1. The van der Waals surface area contributed by atoms with Crippen LogP contribution in [-0.2, 0) is 0 Å². The fourth-order valence-corrected chi connectivity index (χ4v) is 4.89. The summed E-state index contributed by atoms with van der Waals surface area (Å²) in [5.74, 6) is -0.561. The minimum absolute atomic E-state index is 0.0470. The molecule has 1 aliphatic rings. The summed E-state index contributed by atoms with van der Waals surface area (Å²) in [5.41, 5.74) is 8.26. The predicted octanol–water partition coefficient (Wildman–Crippen LogP) is 5.47. The molecule has 4 N–H and O–H groups in total. The van der Waals surface area contributed by atoms with Gasteiger partial charge >= 0.3 is 0 Å². The number of carbonyl (C=O) groups is 1. The van der Waals surface area contributed by atoms with E-state index in [9.17, 15) is 13.6 Å². The first-order chi connectivity index (χ1) is 18.7. The van der Waals surface area contributed by atoms with Crippen LogP contribution in [0.5, 0.6) is 0 Å². The number of carbonyl (C=O) groups excluding carboxylic acids is 1. The van der Waals surface area contributed by atoms with Crippen molar-refractivity contribution in [1.29, 1.82) is 0 Å². The van der Waals surface area contributed by atoms with Crippen molar-refractivity contribution >= 4 is 23.4 Å². The van der Waals surface area contributed by atoms with Crippen LogP contribution in [0.2, 0.25) is 0 Å². The molecule has 5 rings (SSSR count). The van der Waals surface area contributed by atoms with Crippen LogP contribution in [0.15, 0.2) is 48.9 Å². The van der Waals surface area contributed by atoms with E-state index < -0.39 is 11.6 Å². The molecule has 1 saturated carbocycles. The Hall–Kier alpha value is -3.76. The van der Waals surface area contributed by atoms with Crippen LogP contribution in [0.3, 0.4) is 0 Å². The Labute approximate surface area is 227 Å². The maximum Gasteiger partial charge on any atom is 0.229 e. The van der Waals surface area contributed by atoms with Gasteiger partial charge in [-0.15, -0.1) is 0 Å². The van der Waals surface area contributed by atoms with Gasteiger partial charge < -0.3 is 16.4 Å². The molecule has 1 fully saturated rings. The third-order valence-electron chi connectivity index (χ3n) is 6.99. The van der Waals surface area contributed by atoms with Gasteiger partial charge in [0.1, 0.15) is 11.6 Å². The minimum Gasteiger partial charge on any atom is -0.328 e. The summed E-state index contributed by atoms with van der Waals surface area (Å²) in [6.07, 6.45) is 8.39. The molecule has 3 atom stereocenters. The standard InChI is InChI=1S/C25H24F2N6O.C4H11N/c1-14-8-16(10-17(28)9-14)19-6-7-29-12-22(19)31-25-30-11-18-3-5-21(32-33(18)25)23-20(26)4-2-15(13-34)24(23)27;1-4(2)5-3/h2-7,11-14,16-17H,8-10,28H2,1H3,(H,30,31);4-5H,1-3H3. The molecule has 206 valence electrons. The van der Waals surface area contributed by atoms with Crippen molar-refractivity contribution < 1.29 is 13.6 Å². The molecule has 0 radical (unpaired) electrons. The van der Waals surface area contributed by atoms with E-state index in [1.54, 1.807) is 24.7 Å². The molecule has 39 heavy (non-hydrogen) atoms. The Bertz CT molecular complexity index is 1430. The van der Waals surface area contributed by atoms with Gasteiger partial charge in [-0.25, -0.2) is 13.8 Å². The topological polar surface area (TPSA) is 110 Å². The first-order valence-electron chi connectivity index (χ1n) is 13.1. The molecular formula is C29H35F2N7O. The number of nitrogens with zero attached hydrogens (tertiary/aromatic N) is 4. The number of aldehydes is 1. The van der Waals surface area contributed by atoms with E-state index >= 15 is 0 Å². The molecule has 3 unspecified atom stereocenters. The van der Waals surface area contributed by atoms with Crippen LogP contribution in [0.4, 0.5) is 20.4 Å². The van der Waals surface area contributed by atoms with Crippen molar-refractivity contribution in [2.75, 3.05) is 12.4 Å². The fraction of sp³-hybridized carbons (Fsp3) is 0.379. The van der Waals surface area contributed by atoms with Crippen molar-refractivity contribution in [3.8, 4) is 11.3 Å². The zero-order valence-electron chi connectivity index (χ0n) is 22.7. The van der Waals surface area contributed by atoms with Crippen LogP contribution in [0.1, 0.15) is 61.9 Å². The number of hydrogen-bond acceptors (Lipinski definition) is 7. The normalized spacial score (nSPS) is 19.0. The van der Waals surface area contributed by atoms with E-state index in [2.05, 4.69) is 46.5 Å². The van der Waals surface area contributed by atoms with Gasteiger partial charge in [-0.1, -0.05) is 20.8 Å². The van der Waals surface area contributed by atoms with E-state index in [4.69, 9.17) is 5.73 Å². The minimum atomic E-state index is -0.950. The molecule has 0 amide bonds. The Morgan fingerprint density at radius 3 is 2.56 bits per heavy atom. The maximum atomic E-state index is 14.7. The van der Waals surface area contributed by atoms with Gasteiger partial charge in [0.2, 0.25) is 5.95 Å². The molecular weight excluding hydrogens is 500 g/mol. The lowest BCUT2D eigenvalue weighted by molar-refractivity contribution is 0.112. The smallest absolute Gasteiger partial charge is 0.229 e. The molecule has 3 aromatic heterocycles. The molecule has 0 bridgehead atoms. The van der Waals surface area contributed by atoms with Gasteiger partial charge in [-0.05, 0) is 74.0 Å². The Balaban J connectivity index is 0.000000648. The lowest BCUT2D eigenvalue weighted by atomic mass is 9.76. The van der Waals surface area contributed by atoms with Gasteiger partial charge in [-0.2, -0.15) is 9.61 Å². The highest BCUT2D eigenvalue weighted by atomic mass is 19.1. The molecule has 1 aromatic carbocycles. The summed E-state index contributed by atoms with van der Waals surface area (Å²) in [7, 11) is 1.95. The van der Waals surface area contributed by atoms with Crippen molar-refractivity contribution in [3.63, 3.8) is 0 Å². The van der Waals surface area contributed by atoms with E-state index in [1.807, 2.05) is 13.1 Å². The number of nitrogens with one attached hydrogen (secondary N) is 2. The highest BCUT2D eigenvalue weighted by Gasteiger charge is 2.27. The van der Waals surface area contributed by atoms with Crippen molar-refractivity contribution in [1.82, 2.24) is 24.9 Å². The average Bonchev–Trinajstić information content (AvgIpc) is 3.31. The summed E-state index contributed by atoms with van der Waals surface area (Å²) in [4.78, 5) is 19.8. The van der Waals surface area contributed by atoms with Crippen LogP contribution in [0.25, 0.3) is 16.8 Å². The third-order valence-corrected chi connectivity index (χ3v) is 6.99. The number of pyridine rings is 1. The van der Waals surface area contributed by atoms with Crippen molar-refractivity contribution in [2.45, 2.75) is 58.0 Å². The van der Waals surface area contributed by atoms with E-state index in [1.165, 1.54) is 10.6 Å². The summed E-state index contributed by atoms with van der Waals surface area (Å²) in [6.45, 7) is 6.44. The summed E-state index contributed by atoms with van der Waals surface area (Å²) in [5, 5.41) is 10.7. The number of benzene rings is 1. The zero-order chi connectivity index (χ0) is 28.1. The number of fused-ring (bicyclic) bond motifs is 1. The molecule has 0 spiro atoms. The number of hydrogen-bond donors (Lipinski definition) is 3. The van der Waals surface area contributed by atoms with Gasteiger partial charge in [-0.3, -0.25) is 9.78 Å². The lowest BCUT2D eigenvalue weighted by Crippen LogP contribution is -2.31. The fourth-order valence-electron chi connectivity index (χ4n) is 4.89. The molecule has 10 heteroatoms. The maximum absolute atomic E-state index is 14.7. The van der Waals surface area contributed by atoms with E-state index in [-0.39, 0.29) is 28.8 Å². The molecule has 3 heterocycles. The molecule has 0 saturated heterocycles. The number of imidazole rings is 1. The van der Waals surface area contributed by atoms with Crippen LogP contribution in [-0.4, -0.2) is 45.0 Å².